The monoisotopic (exact) mass is 471 g/mol. The van der Waals surface area contributed by atoms with Crippen LogP contribution in [-0.4, -0.2) is 55.2 Å². The van der Waals surface area contributed by atoms with Crippen LogP contribution in [0.1, 0.15) is 30.0 Å². The van der Waals surface area contributed by atoms with Crippen LogP contribution >= 0.6 is 0 Å². The number of carbonyl (C=O) groups excluding carboxylic acids is 1. The fraction of sp³-hybridized carbons (Fsp3) is 0.367. The number of anilines is 1. The number of piperazine rings is 1. The Hall–Kier alpha value is -3.15. The topological polar surface area (TPSA) is 55.8 Å². The van der Waals surface area contributed by atoms with Crippen LogP contribution in [0.15, 0.2) is 72.8 Å². The first-order chi connectivity index (χ1) is 16.8. The van der Waals surface area contributed by atoms with Crippen molar-refractivity contribution in [1.82, 2.24) is 10.2 Å². The van der Waals surface area contributed by atoms with Crippen LogP contribution in [0.5, 0.6) is 0 Å². The molecule has 35 heavy (non-hydrogen) atoms. The summed E-state index contributed by atoms with van der Waals surface area (Å²) in [6, 6.07) is 24.2. The molecule has 184 valence electrons. The molecule has 4 rings (SSSR count). The molecule has 1 unspecified atom stereocenters. The lowest BCUT2D eigenvalue weighted by Crippen LogP contribution is -2.47. The second-order valence-corrected chi connectivity index (χ2v) is 9.75. The Morgan fingerprint density at radius 3 is 2.37 bits per heavy atom. The van der Waals surface area contributed by atoms with Crippen molar-refractivity contribution in [2.75, 3.05) is 44.2 Å². The molecule has 1 saturated heterocycles. The molecule has 1 fully saturated rings. The van der Waals surface area contributed by atoms with E-state index in [-0.39, 0.29) is 5.91 Å². The third-order valence-electron chi connectivity index (χ3n) is 6.99. The molecule has 0 radical (unpaired) electrons. The largest absolute Gasteiger partial charge is 0.376 e. The van der Waals surface area contributed by atoms with Crippen LogP contribution in [0.4, 0.5) is 5.69 Å². The number of nitrogens with zero attached hydrogens (tertiary/aromatic N) is 2. The van der Waals surface area contributed by atoms with Gasteiger partial charge in [0.1, 0.15) is 0 Å². The molecule has 1 atom stereocenters. The second-order valence-electron chi connectivity index (χ2n) is 9.75. The summed E-state index contributed by atoms with van der Waals surface area (Å²) in [6.45, 7) is 11.4. The van der Waals surface area contributed by atoms with Gasteiger partial charge in [-0.1, -0.05) is 60.7 Å². The number of aliphatic hydroxyl groups is 1. The van der Waals surface area contributed by atoms with Crippen molar-refractivity contribution in [3.8, 4) is 11.1 Å². The summed E-state index contributed by atoms with van der Waals surface area (Å²) < 4.78 is 0. The van der Waals surface area contributed by atoms with Gasteiger partial charge < -0.3 is 15.3 Å². The van der Waals surface area contributed by atoms with E-state index in [0.29, 0.717) is 12.1 Å². The summed E-state index contributed by atoms with van der Waals surface area (Å²) in [7, 11) is 0. The van der Waals surface area contributed by atoms with Crippen LogP contribution in [0.2, 0.25) is 0 Å². The van der Waals surface area contributed by atoms with E-state index in [1.165, 1.54) is 16.8 Å². The van der Waals surface area contributed by atoms with Gasteiger partial charge in [0.15, 0.2) is 5.60 Å². The Balaban J connectivity index is 1.24. The molecule has 2 N–H and O–H groups in total. The van der Waals surface area contributed by atoms with Crippen molar-refractivity contribution >= 4 is 11.6 Å². The molecule has 0 aliphatic carbocycles. The number of amides is 1. The first-order valence-electron chi connectivity index (χ1n) is 12.6. The molecule has 0 bridgehead atoms. The van der Waals surface area contributed by atoms with E-state index in [9.17, 15) is 9.90 Å². The molecule has 0 spiro atoms. The summed E-state index contributed by atoms with van der Waals surface area (Å²) in [5.41, 5.74) is 5.02. The highest BCUT2D eigenvalue weighted by Crippen LogP contribution is 2.27. The van der Waals surface area contributed by atoms with Gasteiger partial charge in [-0.2, -0.15) is 0 Å². The van der Waals surface area contributed by atoms with Crippen LogP contribution in [0.25, 0.3) is 11.1 Å². The molecule has 1 amide bonds. The molecule has 5 heteroatoms. The average Bonchev–Trinajstić information content (AvgIpc) is 2.89. The van der Waals surface area contributed by atoms with Gasteiger partial charge in [0, 0.05) is 38.4 Å². The number of hydrogen-bond acceptors (Lipinski definition) is 4. The fourth-order valence-corrected chi connectivity index (χ4v) is 4.71. The zero-order chi connectivity index (χ0) is 24.8. The normalized spacial score (nSPS) is 16.1. The van der Waals surface area contributed by atoms with Gasteiger partial charge in [0.05, 0.1) is 0 Å². The first-order valence-corrected chi connectivity index (χ1v) is 12.6. The van der Waals surface area contributed by atoms with E-state index in [1.54, 1.807) is 13.0 Å². The average molecular weight is 472 g/mol. The molecule has 1 aliphatic heterocycles. The molecule has 0 saturated carbocycles. The third kappa shape index (κ3) is 6.11. The van der Waals surface area contributed by atoms with Gasteiger partial charge >= 0.3 is 0 Å². The summed E-state index contributed by atoms with van der Waals surface area (Å²) in [5, 5.41) is 14.0. The van der Waals surface area contributed by atoms with Crippen LogP contribution in [-0.2, 0) is 10.4 Å². The smallest absolute Gasteiger partial charge is 0.256 e. The van der Waals surface area contributed by atoms with E-state index < -0.39 is 5.60 Å². The van der Waals surface area contributed by atoms with Crippen LogP contribution < -0.4 is 10.2 Å². The van der Waals surface area contributed by atoms with Gasteiger partial charge in [0.2, 0.25) is 0 Å². The maximum Gasteiger partial charge on any atom is 0.256 e. The van der Waals surface area contributed by atoms with E-state index in [4.69, 9.17) is 0 Å². The molecular weight excluding hydrogens is 434 g/mol. The maximum atomic E-state index is 12.8. The fourth-order valence-electron chi connectivity index (χ4n) is 4.71. The predicted octanol–water partition coefficient (Wildman–Crippen LogP) is 4.51. The van der Waals surface area contributed by atoms with Gasteiger partial charge in [-0.15, -0.1) is 0 Å². The molecule has 5 nitrogen and oxygen atoms in total. The number of nitrogens with one attached hydrogen (secondary N) is 1. The molecule has 1 heterocycles. The predicted molar refractivity (Wildman–Crippen MR) is 144 cm³/mol. The zero-order valence-electron chi connectivity index (χ0n) is 21.1. The molecular formula is C30H37N3O2. The SMILES string of the molecule is Cc1ccc(C)c(N2CCN(CCCNC(=O)C(C)(O)c3cccc(-c4ccccc4)c3)CC2)c1. The Morgan fingerprint density at radius 2 is 1.63 bits per heavy atom. The van der Waals surface area contributed by atoms with Gasteiger partial charge in [-0.3, -0.25) is 9.69 Å². The lowest BCUT2D eigenvalue weighted by molar-refractivity contribution is -0.139. The third-order valence-corrected chi connectivity index (χ3v) is 6.99. The van der Waals surface area contributed by atoms with Crippen molar-refractivity contribution in [3.63, 3.8) is 0 Å². The zero-order valence-corrected chi connectivity index (χ0v) is 21.1. The Labute approximate surface area is 209 Å². The van der Waals surface area contributed by atoms with E-state index >= 15 is 0 Å². The highest BCUT2D eigenvalue weighted by Gasteiger charge is 2.32. The summed E-state index contributed by atoms with van der Waals surface area (Å²) >= 11 is 0. The van der Waals surface area contributed by atoms with Gasteiger partial charge in [0.25, 0.3) is 5.91 Å². The minimum Gasteiger partial charge on any atom is -0.376 e. The van der Waals surface area contributed by atoms with Gasteiger partial charge in [-0.05, 0) is 73.7 Å². The maximum absolute atomic E-state index is 12.8. The van der Waals surface area contributed by atoms with Crippen LogP contribution in [0.3, 0.4) is 0 Å². The first kappa shape index (κ1) is 25.0. The minimum absolute atomic E-state index is 0.359. The van der Waals surface area contributed by atoms with Crippen molar-refractivity contribution in [2.24, 2.45) is 0 Å². The second kappa shape index (κ2) is 11.1. The number of benzene rings is 3. The summed E-state index contributed by atoms with van der Waals surface area (Å²) in [4.78, 5) is 17.8. The molecule has 3 aromatic rings. The van der Waals surface area contributed by atoms with Crippen LogP contribution in [0, 0.1) is 13.8 Å². The lowest BCUT2D eigenvalue weighted by Gasteiger charge is -2.37. The molecule has 0 aromatic heterocycles. The summed E-state index contributed by atoms with van der Waals surface area (Å²) in [6.07, 6.45) is 0.856. The lowest BCUT2D eigenvalue weighted by atomic mass is 9.92. The summed E-state index contributed by atoms with van der Waals surface area (Å²) in [5.74, 6) is -0.359. The quantitative estimate of drug-likeness (QED) is 0.475. The Kier molecular flexibility index (Phi) is 7.89. The Morgan fingerprint density at radius 1 is 0.914 bits per heavy atom. The highest BCUT2D eigenvalue weighted by atomic mass is 16.3. The number of rotatable bonds is 8. The number of hydrogen-bond donors (Lipinski definition) is 2. The number of carbonyl (C=O) groups is 1. The van der Waals surface area contributed by atoms with Crippen molar-refractivity contribution in [1.29, 1.82) is 0 Å². The van der Waals surface area contributed by atoms with E-state index in [0.717, 1.165) is 50.3 Å². The van der Waals surface area contributed by atoms with E-state index in [2.05, 4.69) is 47.2 Å². The van der Waals surface area contributed by atoms with Gasteiger partial charge in [-0.25, -0.2) is 0 Å². The molecule has 1 aliphatic rings. The number of aryl methyl sites for hydroxylation is 2. The molecule has 3 aromatic carbocycles. The van der Waals surface area contributed by atoms with Crippen molar-refractivity contribution < 1.29 is 9.90 Å². The van der Waals surface area contributed by atoms with Crippen molar-refractivity contribution in [3.05, 3.63) is 89.5 Å². The minimum atomic E-state index is -1.58. The van der Waals surface area contributed by atoms with E-state index in [1.807, 2.05) is 48.5 Å². The highest BCUT2D eigenvalue weighted by molar-refractivity contribution is 5.86. The van der Waals surface area contributed by atoms with Crippen molar-refractivity contribution in [2.45, 2.75) is 32.8 Å². The Bertz CT molecular complexity index is 1140. The standard InChI is InChI=1S/C30H37N3O2/c1-23-13-14-24(2)28(21-23)33-19-17-32(18-20-33)16-8-15-31-29(34)30(3,35)27-12-7-11-26(22-27)25-9-5-4-6-10-25/h4-7,9-14,21-22,35H,8,15-20H2,1-3H3,(H,31,34).